The van der Waals surface area contributed by atoms with Crippen molar-refractivity contribution in [3.05, 3.63) is 35.1 Å². The van der Waals surface area contributed by atoms with E-state index in [0.29, 0.717) is 11.8 Å². The lowest BCUT2D eigenvalue weighted by molar-refractivity contribution is -0.141. The normalized spacial score (nSPS) is 12.8. The van der Waals surface area contributed by atoms with Crippen LogP contribution in [0.25, 0.3) is 0 Å². The summed E-state index contributed by atoms with van der Waals surface area (Å²) in [6, 6.07) is 2.07. The number of rotatable bonds is 6. The number of hydrogen-bond acceptors (Lipinski definition) is 3. The molecule has 2 N–H and O–H groups in total. The largest absolute Gasteiger partial charge is 0.479 e. The average molecular weight is 339 g/mol. The summed E-state index contributed by atoms with van der Waals surface area (Å²) in [7, 11) is 0. The van der Waals surface area contributed by atoms with E-state index in [1.165, 1.54) is 19.1 Å². The van der Waals surface area contributed by atoms with E-state index in [-0.39, 0.29) is 11.1 Å². The van der Waals surface area contributed by atoms with Gasteiger partial charge in [0.25, 0.3) is 0 Å². The van der Waals surface area contributed by atoms with E-state index in [1.807, 2.05) is 0 Å². The van der Waals surface area contributed by atoms with Gasteiger partial charge in [-0.25, -0.2) is 9.18 Å². The minimum Gasteiger partial charge on any atom is -0.479 e. The SMILES string of the molecule is Cc1cc(C(NC(=O)CSCC(F)(F)F)C(=O)O)ccc1F. The minimum atomic E-state index is -4.40. The Bertz CT molecular complexity index is 563. The first-order valence-electron chi connectivity index (χ1n) is 6.03. The Morgan fingerprint density at radius 1 is 1.36 bits per heavy atom. The van der Waals surface area contributed by atoms with Gasteiger partial charge >= 0.3 is 12.1 Å². The molecule has 1 aromatic carbocycles. The maximum Gasteiger partial charge on any atom is 0.397 e. The molecule has 1 amide bonds. The van der Waals surface area contributed by atoms with Crippen molar-refractivity contribution in [1.29, 1.82) is 0 Å². The molecule has 1 unspecified atom stereocenters. The summed E-state index contributed by atoms with van der Waals surface area (Å²) < 4.78 is 49.0. The standard InChI is InChI=1S/C13H13F4NO3S/c1-7-4-8(2-3-9(7)14)11(12(20)21)18-10(19)5-22-6-13(15,16)17/h2-4,11H,5-6H2,1H3,(H,18,19)(H,20,21). The summed E-state index contributed by atoms with van der Waals surface area (Å²) in [5.74, 6) is -4.49. The first-order chi connectivity index (χ1) is 10.1. The van der Waals surface area contributed by atoms with Gasteiger partial charge in [0.15, 0.2) is 6.04 Å². The highest BCUT2D eigenvalue weighted by Crippen LogP contribution is 2.21. The van der Waals surface area contributed by atoms with E-state index in [9.17, 15) is 27.2 Å². The number of carbonyl (C=O) groups excluding carboxylic acids is 1. The number of thioether (sulfide) groups is 1. The van der Waals surface area contributed by atoms with Crippen LogP contribution in [0.2, 0.25) is 0 Å². The molecule has 0 aliphatic carbocycles. The Labute approximate surface area is 127 Å². The summed E-state index contributed by atoms with van der Waals surface area (Å²) in [5.41, 5.74) is 0.338. The van der Waals surface area contributed by atoms with Gasteiger partial charge in [-0.2, -0.15) is 13.2 Å². The van der Waals surface area contributed by atoms with E-state index < -0.39 is 41.4 Å². The molecule has 0 saturated heterocycles. The minimum absolute atomic E-state index is 0.139. The van der Waals surface area contributed by atoms with Gasteiger partial charge in [0.1, 0.15) is 5.82 Å². The van der Waals surface area contributed by atoms with Crippen LogP contribution in [-0.2, 0) is 9.59 Å². The van der Waals surface area contributed by atoms with E-state index in [1.54, 1.807) is 0 Å². The number of benzene rings is 1. The van der Waals surface area contributed by atoms with Gasteiger partial charge in [0.05, 0.1) is 11.5 Å². The smallest absolute Gasteiger partial charge is 0.397 e. The van der Waals surface area contributed by atoms with Crippen molar-refractivity contribution >= 4 is 23.6 Å². The number of carboxylic acids is 1. The van der Waals surface area contributed by atoms with E-state index >= 15 is 0 Å². The fourth-order valence-corrected chi connectivity index (χ4v) is 2.20. The summed E-state index contributed by atoms with van der Waals surface area (Å²) >= 11 is 0.333. The third-order valence-corrected chi connectivity index (χ3v) is 3.56. The van der Waals surface area contributed by atoms with Gasteiger partial charge in [-0.1, -0.05) is 12.1 Å². The van der Waals surface area contributed by atoms with E-state index in [2.05, 4.69) is 5.32 Å². The van der Waals surface area contributed by atoms with Crippen molar-refractivity contribution in [1.82, 2.24) is 5.32 Å². The van der Waals surface area contributed by atoms with Crippen molar-refractivity contribution in [2.24, 2.45) is 0 Å². The van der Waals surface area contributed by atoms with Gasteiger partial charge in [0, 0.05) is 0 Å². The molecule has 0 heterocycles. The molecule has 0 saturated carbocycles. The zero-order valence-electron chi connectivity index (χ0n) is 11.4. The topological polar surface area (TPSA) is 66.4 Å². The summed E-state index contributed by atoms with van der Waals surface area (Å²) in [5, 5.41) is 11.2. The zero-order chi connectivity index (χ0) is 16.9. The van der Waals surface area contributed by atoms with Gasteiger partial charge < -0.3 is 10.4 Å². The van der Waals surface area contributed by atoms with Crippen LogP contribution < -0.4 is 5.32 Å². The maximum atomic E-state index is 13.2. The number of hydrogen-bond donors (Lipinski definition) is 2. The van der Waals surface area contributed by atoms with Crippen LogP contribution in [0.1, 0.15) is 17.2 Å². The number of carbonyl (C=O) groups is 2. The molecule has 0 aliphatic rings. The average Bonchev–Trinajstić information content (AvgIpc) is 2.37. The molecule has 9 heteroatoms. The Hall–Kier alpha value is -1.77. The molecule has 122 valence electrons. The van der Waals surface area contributed by atoms with E-state index in [0.717, 1.165) is 6.07 Å². The number of amides is 1. The van der Waals surface area contributed by atoms with Crippen LogP contribution in [0.4, 0.5) is 17.6 Å². The molecule has 1 rings (SSSR count). The number of carboxylic acid groups (broad SMARTS) is 1. The molecule has 1 atom stereocenters. The third kappa shape index (κ3) is 5.92. The van der Waals surface area contributed by atoms with Gasteiger partial charge in [-0.15, -0.1) is 11.8 Å². The van der Waals surface area contributed by atoms with Crippen LogP contribution in [0.15, 0.2) is 18.2 Å². The van der Waals surface area contributed by atoms with Crippen molar-refractivity contribution in [2.45, 2.75) is 19.1 Å². The highest BCUT2D eigenvalue weighted by Gasteiger charge is 2.28. The monoisotopic (exact) mass is 339 g/mol. The predicted molar refractivity (Wildman–Crippen MR) is 73.0 cm³/mol. The number of halogens is 4. The summed E-state index contributed by atoms with van der Waals surface area (Å²) in [6.07, 6.45) is -4.40. The summed E-state index contributed by atoms with van der Waals surface area (Å²) in [4.78, 5) is 22.7. The molecule has 0 aliphatic heterocycles. The van der Waals surface area contributed by atoms with Crippen molar-refractivity contribution in [3.8, 4) is 0 Å². The highest BCUT2D eigenvalue weighted by molar-refractivity contribution is 8.00. The van der Waals surface area contributed by atoms with Crippen LogP contribution in [0.3, 0.4) is 0 Å². The Morgan fingerprint density at radius 2 is 2.00 bits per heavy atom. The molecule has 1 aromatic rings. The molecule has 4 nitrogen and oxygen atoms in total. The van der Waals surface area contributed by atoms with Crippen LogP contribution >= 0.6 is 11.8 Å². The molecule has 0 spiro atoms. The van der Waals surface area contributed by atoms with Crippen LogP contribution in [-0.4, -0.2) is 34.7 Å². The number of alkyl halides is 3. The second kappa shape index (κ2) is 7.48. The molecular formula is C13H13F4NO3S. The number of nitrogens with one attached hydrogen (secondary N) is 1. The Balaban J connectivity index is 2.70. The van der Waals surface area contributed by atoms with Crippen molar-refractivity contribution < 1.29 is 32.3 Å². The van der Waals surface area contributed by atoms with Crippen LogP contribution in [0, 0.1) is 12.7 Å². The molecular weight excluding hydrogens is 326 g/mol. The first-order valence-corrected chi connectivity index (χ1v) is 7.18. The first kappa shape index (κ1) is 18.3. The predicted octanol–water partition coefficient (Wildman–Crippen LogP) is 2.67. The Morgan fingerprint density at radius 3 is 2.50 bits per heavy atom. The molecule has 0 bridgehead atoms. The second-order valence-electron chi connectivity index (χ2n) is 4.46. The number of aryl methyl sites for hydroxylation is 1. The lowest BCUT2D eigenvalue weighted by Crippen LogP contribution is -2.35. The van der Waals surface area contributed by atoms with Crippen molar-refractivity contribution in [3.63, 3.8) is 0 Å². The van der Waals surface area contributed by atoms with Gasteiger partial charge in [-0.05, 0) is 24.1 Å². The molecule has 0 aromatic heterocycles. The zero-order valence-corrected chi connectivity index (χ0v) is 12.2. The fraction of sp³-hybridized carbons (Fsp3) is 0.385. The lowest BCUT2D eigenvalue weighted by atomic mass is 10.0. The maximum absolute atomic E-state index is 13.2. The van der Waals surface area contributed by atoms with Gasteiger partial charge in [-0.3, -0.25) is 4.79 Å². The molecule has 22 heavy (non-hydrogen) atoms. The van der Waals surface area contributed by atoms with Gasteiger partial charge in [0.2, 0.25) is 5.91 Å². The highest BCUT2D eigenvalue weighted by atomic mass is 32.2. The fourth-order valence-electron chi connectivity index (χ4n) is 1.60. The van der Waals surface area contributed by atoms with Crippen LogP contribution in [0.5, 0.6) is 0 Å². The second-order valence-corrected chi connectivity index (χ2v) is 5.44. The molecule has 0 fully saturated rings. The van der Waals surface area contributed by atoms with Crippen molar-refractivity contribution in [2.75, 3.05) is 11.5 Å². The summed E-state index contributed by atoms with van der Waals surface area (Å²) in [6.45, 7) is 1.43. The third-order valence-electron chi connectivity index (χ3n) is 2.57. The quantitative estimate of drug-likeness (QED) is 0.782. The number of aliphatic carboxylic acids is 1. The molecule has 0 radical (unpaired) electrons. The van der Waals surface area contributed by atoms with E-state index in [4.69, 9.17) is 5.11 Å². The lowest BCUT2D eigenvalue weighted by Gasteiger charge is -2.16. The Kier molecular flexibility index (Phi) is 6.21.